The van der Waals surface area contributed by atoms with Gasteiger partial charge in [0.1, 0.15) is 0 Å². The zero-order valence-corrected chi connectivity index (χ0v) is 31.8. The van der Waals surface area contributed by atoms with E-state index >= 15 is 0 Å². The Morgan fingerprint density at radius 1 is 0.565 bits per heavy atom. The van der Waals surface area contributed by atoms with E-state index in [9.17, 15) is 0 Å². The van der Waals surface area contributed by atoms with Gasteiger partial charge in [0.15, 0.2) is 0 Å². The average Bonchev–Trinajstić information content (AvgIpc) is 3.85. The molecule has 0 atom stereocenters. The number of benzene rings is 2. The molecule has 2 aliphatic heterocycles. The Kier molecular flexibility index (Phi) is 19.8. The number of aliphatic imine (C=N–C) groups is 2. The summed E-state index contributed by atoms with van der Waals surface area (Å²) in [7, 11) is 9.65. The van der Waals surface area contributed by atoms with Crippen LogP contribution in [0.2, 0.25) is 0 Å². The number of ether oxygens (including phenoxy) is 2. The van der Waals surface area contributed by atoms with Crippen molar-refractivity contribution in [2.75, 3.05) is 26.4 Å². The molecule has 46 heavy (non-hydrogen) atoms. The molecule has 0 bridgehead atoms. The van der Waals surface area contributed by atoms with Gasteiger partial charge in [-0.25, -0.2) is 0 Å². The van der Waals surface area contributed by atoms with Gasteiger partial charge in [0.25, 0.3) is 0 Å². The Labute approximate surface area is 293 Å². The minimum absolute atomic E-state index is 0.181. The van der Waals surface area contributed by atoms with Crippen LogP contribution in [0.3, 0.4) is 0 Å². The molecule has 253 valence electrons. The van der Waals surface area contributed by atoms with Gasteiger partial charge < -0.3 is 14.5 Å². The summed E-state index contributed by atoms with van der Waals surface area (Å²) in [5.41, 5.74) is 8.96. The van der Waals surface area contributed by atoms with Crippen LogP contribution in [0.15, 0.2) is 58.5 Å². The van der Waals surface area contributed by atoms with Gasteiger partial charge in [-0.2, -0.15) is 0 Å². The molecule has 5 nitrogen and oxygen atoms in total. The summed E-state index contributed by atoms with van der Waals surface area (Å²) in [6, 6.07) is 17.0. The Hall–Kier alpha value is -1.91. The van der Waals surface area contributed by atoms with E-state index in [-0.39, 0.29) is 13.4 Å². The van der Waals surface area contributed by atoms with Crippen molar-refractivity contribution in [1.82, 2.24) is 4.98 Å². The summed E-state index contributed by atoms with van der Waals surface area (Å²) in [4.78, 5) is 14.5. The van der Waals surface area contributed by atoms with Gasteiger partial charge in [-0.3, -0.25) is 9.98 Å². The third kappa shape index (κ3) is 14.1. The van der Waals surface area contributed by atoms with Crippen molar-refractivity contribution in [2.24, 2.45) is 9.98 Å². The molecule has 5 rings (SSSR count). The molecule has 8 heteroatoms. The SMILES string of the molecule is C1CCOC1.C1CCOC1.CC(C)c1cccc(C(C)C)c1N=Cc1ccc(C=Nc2c(C(C)C)cccc2C(C)C)[n-]1.[Cl][Cr+][Cl]. The monoisotopic (exact) mass is 706 g/mol. The van der Waals surface area contributed by atoms with Crippen molar-refractivity contribution in [3.05, 3.63) is 82.2 Å². The van der Waals surface area contributed by atoms with Crippen molar-refractivity contribution in [3.63, 3.8) is 0 Å². The maximum absolute atomic E-state index is 4.94. The van der Waals surface area contributed by atoms with Crippen LogP contribution >= 0.6 is 20.1 Å². The molecular formula is C38H54Cl2CrN3O2. The van der Waals surface area contributed by atoms with Gasteiger partial charge in [0.2, 0.25) is 0 Å². The number of para-hydroxylation sites is 2. The van der Waals surface area contributed by atoms with E-state index in [0.29, 0.717) is 23.7 Å². The fourth-order valence-electron chi connectivity index (χ4n) is 5.14. The summed E-state index contributed by atoms with van der Waals surface area (Å²) >= 11 is -0.181. The van der Waals surface area contributed by atoms with Crippen LogP contribution in [0, 0.1) is 0 Å². The van der Waals surface area contributed by atoms with Crippen LogP contribution in [-0.4, -0.2) is 38.9 Å². The second kappa shape index (κ2) is 22.6. The van der Waals surface area contributed by atoms with Crippen LogP contribution in [-0.2, 0) is 22.9 Å². The molecule has 0 N–H and O–H groups in total. The Balaban J connectivity index is 0.000000467. The molecule has 0 saturated carbocycles. The number of halogens is 2. The van der Waals surface area contributed by atoms with Crippen LogP contribution in [0.1, 0.15) is 138 Å². The van der Waals surface area contributed by atoms with Crippen molar-refractivity contribution in [3.8, 4) is 0 Å². The van der Waals surface area contributed by atoms with E-state index in [1.165, 1.54) is 47.9 Å². The van der Waals surface area contributed by atoms with E-state index in [2.05, 4.69) is 91.8 Å². The van der Waals surface area contributed by atoms with Gasteiger partial charge in [-0.15, -0.1) is 11.4 Å². The molecule has 0 radical (unpaired) electrons. The Morgan fingerprint density at radius 3 is 1.07 bits per heavy atom. The van der Waals surface area contributed by atoms with Crippen LogP contribution in [0.4, 0.5) is 11.4 Å². The Morgan fingerprint density at radius 2 is 0.848 bits per heavy atom. The number of nitrogens with zero attached hydrogens (tertiary/aromatic N) is 3. The normalized spacial score (nSPS) is 14.5. The average molecular weight is 708 g/mol. The molecule has 1 aromatic heterocycles. The molecule has 2 fully saturated rings. The molecule has 2 saturated heterocycles. The first kappa shape index (κ1) is 40.3. The predicted octanol–water partition coefficient (Wildman–Crippen LogP) is 11.6. The van der Waals surface area contributed by atoms with Gasteiger partial charge >= 0.3 is 33.5 Å². The molecule has 0 spiro atoms. The van der Waals surface area contributed by atoms with Gasteiger partial charge in [0.05, 0.1) is 11.4 Å². The molecule has 0 aliphatic carbocycles. The summed E-state index contributed by atoms with van der Waals surface area (Å²) < 4.78 is 9.89. The molecular weight excluding hydrogens is 653 g/mol. The number of hydrogen-bond acceptors (Lipinski definition) is 4. The third-order valence-electron chi connectivity index (χ3n) is 7.67. The van der Waals surface area contributed by atoms with E-state index < -0.39 is 0 Å². The topological polar surface area (TPSA) is 57.3 Å². The summed E-state index contributed by atoms with van der Waals surface area (Å²) in [6.07, 6.45) is 8.87. The molecule has 3 aromatic rings. The fraction of sp³-hybridized carbons (Fsp3) is 0.526. The second-order valence-corrected chi connectivity index (χ2v) is 14.8. The fourth-order valence-corrected chi connectivity index (χ4v) is 5.14. The van der Waals surface area contributed by atoms with Crippen LogP contribution < -0.4 is 4.98 Å². The molecule has 2 aromatic carbocycles. The number of aromatic nitrogens is 1. The van der Waals surface area contributed by atoms with E-state index in [4.69, 9.17) is 44.5 Å². The van der Waals surface area contributed by atoms with Crippen molar-refractivity contribution in [1.29, 1.82) is 0 Å². The first-order valence-corrected chi connectivity index (χ1v) is 20.1. The maximum atomic E-state index is 4.94. The predicted molar refractivity (Wildman–Crippen MR) is 195 cm³/mol. The zero-order chi connectivity index (χ0) is 33.9. The van der Waals surface area contributed by atoms with Crippen molar-refractivity contribution < 1.29 is 22.9 Å². The number of hydrogen-bond donors (Lipinski definition) is 0. The van der Waals surface area contributed by atoms with Crippen molar-refractivity contribution >= 4 is 43.9 Å². The molecule has 0 amide bonds. The zero-order valence-electron chi connectivity index (χ0n) is 29.1. The van der Waals surface area contributed by atoms with Gasteiger partial charge in [-0.1, -0.05) is 104 Å². The second-order valence-electron chi connectivity index (χ2n) is 12.7. The van der Waals surface area contributed by atoms with Gasteiger partial charge in [0, 0.05) is 38.9 Å². The quantitative estimate of drug-likeness (QED) is 0.219. The van der Waals surface area contributed by atoms with Crippen molar-refractivity contribution in [2.45, 2.75) is 105 Å². The number of rotatable bonds is 8. The van der Waals surface area contributed by atoms with E-state index in [1.54, 1.807) is 0 Å². The first-order chi connectivity index (χ1) is 22.1. The molecule has 3 heterocycles. The van der Waals surface area contributed by atoms with E-state index in [0.717, 1.165) is 49.2 Å². The molecule has 2 aliphatic rings. The third-order valence-corrected chi connectivity index (χ3v) is 7.67. The van der Waals surface area contributed by atoms with Crippen LogP contribution in [0.5, 0.6) is 0 Å². The van der Waals surface area contributed by atoms with Crippen LogP contribution in [0.25, 0.3) is 0 Å². The summed E-state index contributed by atoms with van der Waals surface area (Å²) in [5.74, 6) is 1.68. The summed E-state index contributed by atoms with van der Waals surface area (Å²) in [5, 5.41) is 0. The molecule has 0 unspecified atom stereocenters. The summed E-state index contributed by atoms with van der Waals surface area (Å²) in [6.45, 7) is 21.7. The standard InChI is InChI=1S/C30H38N3.2C4H8O.2ClH.Cr/c1-19(2)25-11-9-12-26(20(3)4)29(25)31-17-23-15-16-24(33-23)18-32-30-27(21(5)6)13-10-14-28(30)22(7)8;2*1-2-4-5-3-1;;;/h9-22H,1-8H3;2*1-4H2;2*1H;/q-1;;;;;+3/p-2. The van der Waals surface area contributed by atoms with Gasteiger partial charge in [-0.05, 0) is 71.6 Å². The Bertz CT molecular complexity index is 1160. The minimum atomic E-state index is -0.181. The first-order valence-electron chi connectivity index (χ1n) is 16.6. The van der Waals surface area contributed by atoms with E-state index in [1.807, 2.05) is 24.6 Å².